The molecule has 1 heterocycles. The Kier molecular flexibility index (Phi) is 5.41. The molecule has 24 heavy (non-hydrogen) atoms. The van der Waals surface area contributed by atoms with Crippen LogP contribution in [0.5, 0.6) is 0 Å². The number of rotatable bonds is 4. The molecule has 0 radical (unpaired) electrons. The van der Waals surface area contributed by atoms with Crippen LogP contribution in [0.25, 0.3) is 0 Å². The number of ether oxygens (including phenoxy) is 2. The molecule has 5 nitrogen and oxygen atoms in total. The summed E-state index contributed by atoms with van der Waals surface area (Å²) in [7, 11) is 0. The Morgan fingerprint density at radius 1 is 1.21 bits per heavy atom. The van der Waals surface area contributed by atoms with Crippen molar-refractivity contribution in [3.05, 3.63) is 35.9 Å². The van der Waals surface area contributed by atoms with Crippen molar-refractivity contribution in [2.45, 2.75) is 32.8 Å². The first-order valence-electron chi connectivity index (χ1n) is 7.81. The summed E-state index contributed by atoms with van der Waals surface area (Å²) in [5.74, 6) is -4.24. The van der Waals surface area contributed by atoms with Gasteiger partial charge < -0.3 is 14.4 Å². The lowest BCUT2D eigenvalue weighted by Gasteiger charge is -2.43. The van der Waals surface area contributed by atoms with E-state index in [2.05, 4.69) is 0 Å². The average molecular weight is 341 g/mol. The Bertz CT molecular complexity index is 594. The van der Waals surface area contributed by atoms with Gasteiger partial charge in [0.05, 0.1) is 6.61 Å². The minimum absolute atomic E-state index is 0.00293. The van der Waals surface area contributed by atoms with Crippen LogP contribution in [0.2, 0.25) is 0 Å². The molecule has 1 fully saturated rings. The van der Waals surface area contributed by atoms with Crippen LogP contribution in [0.3, 0.4) is 0 Å². The number of alkyl halides is 2. The van der Waals surface area contributed by atoms with Gasteiger partial charge >= 0.3 is 12.1 Å². The van der Waals surface area contributed by atoms with Crippen molar-refractivity contribution in [1.82, 2.24) is 4.90 Å². The standard InChI is InChI=1S/C17H21F2NO4/c1-3-23-14(21)16(2)12-20(10-9-17(16,18)19)15(22)24-11-13-7-5-4-6-8-13/h4-8H,3,9-12H2,1-2H3. The number of amides is 1. The van der Waals surface area contributed by atoms with Gasteiger partial charge in [0.2, 0.25) is 0 Å². The lowest BCUT2D eigenvalue weighted by atomic mass is 9.78. The molecule has 2 rings (SSSR count). The molecular formula is C17H21F2NO4. The van der Waals surface area contributed by atoms with Crippen molar-refractivity contribution in [1.29, 1.82) is 0 Å². The van der Waals surface area contributed by atoms with Crippen molar-refractivity contribution in [3.63, 3.8) is 0 Å². The van der Waals surface area contributed by atoms with E-state index < -0.39 is 36.4 Å². The Balaban J connectivity index is 2.04. The Hall–Kier alpha value is -2.18. The van der Waals surface area contributed by atoms with Gasteiger partial charge in [-0.3, -0.25) is 4.79 Å². The number of benzene rings is 1. The highest BCUT2D eigenvalue weighted by Gasteiger charge is 2.60. The van der Waals surface area contributed by atoms with E-state index in [4.69, 9.17) is 9.47 Å². The maximum Gasteiger partial charge on any atom is 0.410 e. The molecule has 132 valence electrons. The fourth-order valence-electron chi connectivity index (χ4n) is 2.60. The van der Waals surface area contributed by atoms with Gasteiger partial charge in [0, 0.05) is 19.5 Å². The topological polar surface area (TPSA) is 55.8 Å². The molecule has 1 saturated heterocycles. The summed E-state index contributed by atoms with van der Waals surface area (Å²) in [5, 5.41) is 0. The minimum atomic E-state index is -3.24. The van der Waals surface area contributed by atoms with Gasteiger partial charge in [-0.1, -0.05) is 30.3 Å². The molecule has 0 saturated carbocycles. The number of piperidine rings is 1. The lowest BCUT2D eigenvalue weighted by molar-refractivity contribution is -0.195. The van der Waals surface area contributed by atoms with E-state index in [9.17, 15) is 18.4 Å². The van der Waals surface area contributed by atoms with Crippen LogP contribution >= 0.6 is 0 Å². The first-order valence-corrected chi connectivity index (χ1v) is 7.81. The highest BCUT2D eigenvalue weighted by atomic mass is 19.3. The van der Waals surface area contributed by atoms with E-state index in [1.807, 2.05) is 18.2 Å². The molecule has 1 amide bonds. The quantitative estimate of drug-likeness (QED) is 0.789. The molecule has 0 spiro atoms. The molecule has 7 heteroatoms. The van der Waals surface area contributed by atoms with E-state index in [1.54, 1.807) is 19.1 Å². The zero-order valence-corrected chi connectivity index (χ0v) is 13.8. The molecule has 1 unspecified atom stereocenters. The molecule has 0 aromatic heterocycles. The molecular weight excluding hydrogens is 320 g/mol. The summed E-state index contributed by atoms with van der Waals surface area (Å²) in [5.41, 5.74) is -1.28. The minimum Gasteiger partial charge on any atom is -0.465 e. The molecule has 1 atom stereocenters. The van der Waals surface area contributed by atoms with Crippen LogP contribution < -0.4 is 0 Å². The predicted molar refractivity (Wildman–Crippen MR) is 82.5 cm³/mol. The van der Waals surface area contributed by atoms with Gasteiger partial charge in [0.15, 0.2) is 0 Å². The van der Waals surface area contributed by atoms with Crippen LogP contribution in [0, 0.1) is 5.41 Å². The average Bonchev–Trinajstić information content (AvgIpc) is 2.56. The molecule has 1 aromatic carbocycles. The third-order valence-electron chi connectivity index (χ3n) is 4.20. The van der Waals surface area contributed by atoms with E-state index in [1.165, 1.54) is 0 Å². The summed E-state index contributed by atoms with van der Waals surface area (Å²) in [4.78, 5) is 25.3. The zero-order valence-electron chi connectivity index (χ0n) is 13.8. The monoisotopic (exact) mass is 341 g/mol. The summed E-state index contributed by atoms with van der Waals surface area (Å²) in [6, 6.07) is 9.04. The van der Waals surface area contributed by atoms with E-state index in [0.29, 0.717) is 0 Å². The summed E-state index contributed by atoms with van der Waals surface area (Å²) < 4.78 is 38.4. The third-order valence-corrected chi connectivity index (χ3v) is 4.20. The van der Waals surface area contributed by atoms with Crippen LogP contribution in [-0.4, -0.2) is 42.6 Å². The van der Waals surface area contributed by atoms with Gasteiger partial charge in [-0.05, 0) is 19.4 Å². The summed E-state index contributed by atoms with van der Waals surface area (Å²) in [6.07, 6.45) is -1.33. The van der Waals surface area contributed by atoms with Crippen molar-refractivity contribution < 1.29 is 27.8 Å². The first-order chi connectivity index (χ1) is 11.3. The fraction of sp³-hybridized carbons (Fsp3) is 0.529. The van der Waals surface area contributed by atoms with Gasteiger partial charge in [-0.2, -0.15) is 0 Å². The molecule has 1 aliphatic rings. The summed E-state index contributed by atoms with van der Waals surface area (Å²) in [6.45, 7) is 2.11. The number of carbonyl (C=O) groups excluding carboxylic acids is 2. The zero-order chi connectivity index (χ0) is 17.8. The number of nitrogens with zero attached hydrogens (tertiary/aromatic N) is 1. The fourth-order valence-corrected chi connectivity index (χ4v) is 2.60. The predicted octanol–water partition coefficient (Wildman–Crippen LogP) is 3.23. The Labute approximate surface area is 139 Å². The van der Waals surface area contributed by atoms with Gasteiger partial charge in [0.1, 0.15) is 12.0 Å². The number of carbonyl (C=O) groups is 2. The van der Waals surface area contributed by atoms with E-state index >= 15 is 0 Å². The number of esters is 1. The number of hydrogen-bond donors (Lipinski definition) is 0. The third kappa shape index (κ3) is 3.66. The normalized spacial score (nSPS) is 22.8. The van der Waals surface area contributed by atoms with Gasteiger partial charge in [0.25, 0.3) is 5.92 Å². The smallest absolute Gasteiger partial charge is 0.410 e. The Morgan fingerprint density at radius 2 is 1.88 bits per heavy atom. The second-order valence-electron chi connectivity index (χ2n) is 5.97. The maximum atomic E-state index is 14.2. The number of halogens is 2. The summed E-state index contributed by atoms with van der Waals surface area (Å²) >= 11 is 0. The van der Waals surface area contributed by atoms with E-state index in [-0.39, 0.29) is 19.8 Å². The lowest BCUT2D eigenvalue weighted by Crippen LogP contribution is -2.59. The molecule has 1 aliphatic heterocycles. The molecule has 0 aliphatic carbocycles. The van der Waals surface area contributed by atoms with Crippen molar-refractivity contribution in [2.75, 3.05) is 19.7 Å². The molecule has 0 N–H and O–H groups in total. The van der Waals surface area contributed by atoms with Crippen LogP contribution in [0.4, 0.5) is 13.6 Å². The largest absolute Gasteiger partial charge is 0.465 e. The number of likely N-dealkylation sites (tertiary alicyclic amines) is 1. The maximum absolute atomic E-state index is 14.2. The van der Waals surface area contributed by atoms with E-state index in [0.717, 1.165) is 17.4 Å². The highest BCUT2D eigenvalue weighted by Crippen LogP contribution is 2.44. The number of hydrogen-bond acceptors (Lipinski definition) is 4. The molecule has 1 aromatic rings. The van der Waals surface area contributed by atoms with Gasteiger partial charge in [-0.15, -0.1) is 0 Å². The van der Waals surface area contributed by atoms with Crippen molar-refractivity contribution in [2.24, 2.45) is 5.41 Å². The second kappa shape index (κ2) is 7.15. The van der Waals surface area contributed by atoms with Crippen molar-refractivity contribution >= 4 is 12.1 Å². The highest BCUT2D eigenvalue weighted by molar-refractivity contribution is 5.79. The van der Waals surface area contributed by atoms with Crippen molar-refractivity contribution in [3.8, 4) is 0 Å². The van der Waals surface area contributed by atoms with Gasteiger partial charge in [-0.25, -0.2) is 13.6 Å². The van der Waals surface area contributed by atoms with Crippen LogP contribution in [-0.2, 0) is 20.9 Å². The SMILES string of the molecule is CCOC(=O)C1(C)CN(C(=O)OCc2ccccc2)CCC1(F)F. The first kappa shape index (κ1) is 18.2. The molecule has 0 bridgehead atoms. The Morgan fingerprint density at radius 3 is 2.50 bits per heavy atom. The van der Waals surface area contributed by atoms with Crippen LogP contribution in [0.15, 0.2) is 30.3 Å². The second-order valence-corrected chi connectivity index (χ2v) is 5.97. The van der Waals surface area contributed by atoms with Crippen LogP contribution in [0.1, 0.15) is 25.8 Å².